The summed E-state index contributed by atoms with van der Waals surface area (Å²) in [6.07, 6.45) is 1.86. The third kappa shape index (κ3) is 2.43. The number of hydrogen-bond acceptors (Lipinski definition) is 4. The summed E-state index contributed by atoms with van der Waals surface area (Å²) < 4.78 is 1.71. The molecule has 2 aromatic heterocycles. The molecule has 2 N–H and O–H groups in total. The molecule has 0 aliphatic carbocycles. The van der Waals surface area contributed by atoms with Crippen LogP contribution < -0.4 is 5.73 Å². The highest BCUT2D eigenvalue weighted by Crippen LogP contribution is 2.22. The Morgan fingerprint density at radius 3 is 2.47 bits per heavy atom. The van der Waals surface area contributed by atoms with Crippen molar-refractivity contribution >= 4 is 5.95 Å². The SMILES string of the molecule is Cc1ccn(-c2cc(C(C)(C)C)nc(N)n2)n1. The van der Waals surface area contributed by atoms with Crippen LogP contribution in [0.2, 0.25) is 0 Å². The molecular formula is C12H17N5. The van der Waals surface area contributed by atoms with Crippen molar-refractivity contribution in [3.05, 3.63) is 29.7 Å². The van der Waals surface area contributed by atoms with Crippen LogP contribution in [0.5, 0.6) is 0 Å². The van der Waals surface area contributed by atoms with Gasteiger partial charge < -0.3 is 5.73 Å². The molecule has 5 heteroatoms. The second-order valence-corrected chi connectivity index (χ2v) is 5.12. The van der Waals surface area contributed by atoms with Crippen molar-refractivity contribution < 1.29 is 0 Å². The van der Waals surface area contributed by atoms with Gasteiger partial charge >= 0.3 is 0 Å². The van der Waals surface area contributed by atoms with E-state index in [4.69, 9.17) is 5.73 Å². The quantitative estimate of drug-likeness (QED) is 0.813. The minimum atomic E-state index is -0.0615. The lowest BCUT2D eigenvalue weighted by molar-refractivity contribution is 0.566. The fraction of sp³-hybridized carbons (Fsp3) is 0.417. The van der Waals surface area contributed by atoms with E-state index in [0.717, 1.165) is 11.4 Å². The molecular weight excluding hydrogens is 214 g/mol. The van der Waals surface area contributed by atoms with Gasteiger partial charge in [0.25, 0.3) is 0 Å². The molecule has 0 spiro atoms. The summed E-state index contributed by atoms with van der Waals surface area (Å²) in [5.74, 6) is 0.983. The molecule has 0 amide bonds. The standard InChI is InChI=1S/C12H17N5/c1-8-5-6-17(16-8)10-7-9(12(2,3)4)14-11(13)15-10/h5-7H,1-4H3,(H2,13,14,15). The van der Waals surface area contributed by atoms with Gasteiger partial charge in [-0.1, -0.05) is 20.8 Å². The van der Waals surface area contributed by atoms with Gasteiger partial charge in [-0.05, 0) is 13.0 Å². The molecule has 0 aliphatic heterocycles. The average Bonchev–Trinajstić information content (AvgIpc) is 2.62. The Morgan fingerprint density at radius 2 is 1.94 bits per heavy atom. The van der Waals surface area contributed by atoms with Crippen molar-refractivity contribution in [1.82, 2.24) is 19.7 Å². The minimum absolute atomic E-state index is 0.0615. The summed E-state index contributed by atoms with van der Waals surface area (Å²) in [4.78, 5) is 8.46. The Bertz CT molecular complexity index is 536. The summed E-state index contributed by atoms with van der Waals surface area (Å²) in [6, 6.07) is 3.85. The Labute approximate surface area is 101 Å². The summed E-state index contributed by atoms with van der Waals surface area (Å²) in [6.45, 7) is 8.21. The third-order valence-electron chi connectivity index (χ3n) is 2.46. The van der Waals surface area contributed by atoms with E-state index < -0.39 is 0 Å². The van der Waals surface area contributed by atoms with Gasteiger partial charge in [-0.15, -0.1) is 0 Å². The number of nitrogens with zero attached hydrogens (tertiary/aromatic N) is 4. The number of aromatic nitrogens is 4. The largest absolute Gasteiger partial charge is 0.368 e. The highest BCUT2D eigenvalue weighted by atomic mass is 15.3. The first-order valence-electron chi connectivity index (χ1n) is 5.54. The van der Waals surface area contributed by atoms with E-state index in [1.165, 1.54) is 0 Å². The second-order valence-electron chi connectivity index (χ2n) is 5.12. The molecule has 0 unspecified atom stereocenters. The molecule has 0 fully saturated rings. The van der Waals surface area contributed by atoms with E-state index >= 15 is 0 Å². The van der Waals surface area contributed by atoms with Crippen LogP contribution in [0.3, 0.4) is 0 Å². The number of anilines is 1. The number of aryl methyl sites for hydroxylation is 1. The van der Waals surface area contributed by atoms with E-state index in [9.17, 15) is 0 Å². The average molecular weight is 231 g/mol. The molecule has 0 saturated carbocycles. The fourth-order valence-electron chi connectivity index (χ4n) is 1.50. The van der Waals surface area contributed by atoms with Crippen molar-refractivity contribution in [3.63, 3.8) is 0 Å². The third-order valence-corrected chi connectivity index (χ3v) is 2.46. The topological polar surface area (TPSA) is 69.6 Å². The van der Waals surface area contributed by atoms with Crippen molar-refractivity contribution in [3.8, 4) is 5.82 Å². The molecule has 90 valence electrons. The molecule has 0 saturated heterocycles. The van der Waals surface area contributed by atoms with Crippen LogP contribution in [0.15, 0.2) is 18.3 Å². The van der Waals surface area contributed by atoms with Gasteiger partial charge in [0.1, 0.15) is 0 Å². The first kappa shape index (κ1) is 11.6. The zero-order chi connectivity index (χ0) is 12.6. The lowest BCUT2D eigenvalue weighted by Crippen LogP contribution is -2.16. The molecule has 0 aliphatic rings. The molecule has 0 atom stereocenters. The van der Waals surface area contributed by atoms with E-state index in [-0.39, 0.29) is 11.4 Å². The van der Waals surface area contributed by atoms with Gasteiger partial charge in [0.15, 0.2) is 5.82 Å². The van der Waals surface area contributed by atoms with Gasteiger partial charge in [-0.25, -0.2) is 9.67 Å². The molecule has 2 rings (SSSR count). The summed E-state index contributed by atoms with van der Waals surface area (Å²) in [7, 11) is 0. The van der Waals surface area contributed by atoms with Gasteiger partial charge in [0.05, 0.1) is 11.4 Å². The van der Waals surface area contributed by atoms with Crippen molar-refractivity contribution in [2.75, 3.05) is 5.73 Å². The van der Waals surface area contributed by atoms with Crippen LogP contribution in [-0.2, 0) is 5.41 Å². The van der Waals surface area contributed by atoms with Gasteiger partial charge in [0.2, 0.25) is 5.95 Å². The highest BCUT2D eigenvalue weighted by Gasteiger charge is 2.18. The summed E-state index contributed by atoms with van der Waals surface area (Å²) in [5.41, 5.74) is 7.53. The Balaban J connectivity index is 2.52. The van der Waals surface area contributed by atoms with Gasteiger partial charge in [-0.2, -0.15) is 10.1 Å². The monoisotopic (exact) mass is 231 g/mol. The zero-order valence-electron chi connectivity index (χ0n) is 10.6. The Kier molecular flexibility index (Phi) is 2.61. The smallest absolute Gasteiger partial charge is 0.222 e. The van der Waals surface area contributed by atoms with Gasteiger partial charge in [0, 0.05) is 17.7 Å². The molecule has 17 heavy (non-hydrogen) atoms. The number of rotatable bonds is 1. The van der Waals surface area contributed by atoms with Gasteiger partial charge in [-0.3, -0.25) is 0 Å². The first-order chi connectivity index (χ1) is 7.86. The van der Waals surface area contributed by atoms with Crippen LogP contribution in [-0.4, -0.2) is 19.7 Å². The maximum atomic E-state index is 5.74. The molecule has 0 bridgehead atoms. The van der Waals surface area contributed by atoms with Crippen LogP contribution in [0.25, 0.3) is 5.82 Å². The highest BCUT2D eigenvalue weighted by molar-refractivity contribution is 5.34. The normalized spacial score (nSPS) is 11.8. The van der Waals surface area contributed by atoms with Crippen LogP contribution in [0.4, 0.5) is 5.95 Å². The molecule has 0 aromatic carbocycles. The van der Waals surface area contributed by atoms with Crippen molar-refractivity contribution in [2.24, 2.45) is 0 Å². The van der Waals surface area contributed by atoms with E-state index in [1.54, 1.807) is 4.68 Å². The maximum Gasteiger partial charge on any atom is 0.222 e. The summed E-state index contributed by atoms with van der Waals surface area (Å²) >= 11 is 0. The zero-order valence-corrected chi connectivity index (χ0v) is 10.6. The fourth-order valence-corrected chi connectivity index (χ4v) is 1.50. The first-order valence-corrected chi connectivity index (χ1v) is 5.54. The number of nitrogens with two attached hydrogens (primary N) is 1. The number of nitrogen functional groups attached to an aromatic ring is 1. The van der Waals surface area contributed by atoms with Crippen molar-refractivity contribution in [2.45, 2.75) is 33.1 Å². The Morgan fingerprint density at radius 1 is 1.24 bits per heavy atom. The Hall–Kier alpha value is -1.91. The maximum absolute atomic E-state index is 5.74. The number of hydrogen-bond donors (Lipinski definition) is 1. The van der Waals surface area contributed by atoms with Crippen LogP contribution >= 0.6 is 0 Å². The predicted octanol–water partition coefficient (Wildman–Crippen LogP) is 1.85. The summed E-state index contributed by atoms with van der Waals surface area (Å²) in [5, 5.41) is 4.32. The minimum Gasteiger partial charge on any atom is -0.368 e. The predicted molar refractivity (Wildman–Crippen MR) is 67.0 cm³/mol. The van der Waals surface area contributed by atoms with E-state index in [0.29, 0.717) is 5.82 Å². The van der Waals surface area contributed by atoms with Crippen LogP contribution in [0.1, 0.15) is 32.2 Å². The van der Waals surface area contributed by atoms with E-state index in [1.807, 2.05) is 25.3 Å². The molecule has 0 radical (unpaired) electrons. The second kappa shape index (κ2) is 3.84. The van der Waals surface area contributed by atoms with E-state index in [2.05, 4.69) is 35.8 Å². The molecule has 5 nitrogen and oxygen atoms in total. The lowest BCUT2D eigenvalue weighted by atomic mass is 9.92. The molecule has 2 heterocycles. The van der Waals surface area contributed by atoms with Crippen LogP contribution in [0, 0.1) is 6.92 Å². The molecule has 2 aromatic rings. The van der Waals surface area contributed by atoms with Crippen molar-refractivity contribution in [1.29, 1.82) is 0 Å². The lowest BCUT2D eigenvalue weighted by Gasteiger charge is -2.18.